The van der Waals surface area contributed by atoms with Gasteiger partial charge in [-0.3, -0.25) is 0 Å². The number of halogens is 1. The van der Waals surface area contributed by atoms with Gasteiger partial charge in [-0.2, -0.15) is 0 Å². The summed E-state index contributed by atoms with van der Waals surface area (Å²) in [7, 11) is 0. The molecule has 0 aliphatic carbocycles. The van der Waals surface area contributed by atoms with Gasteiger partial charge in [-0.1, -0.05) is 24.3 Å². The highest BCUT2D eigenvalue weighted by molar-refractivity contribution is 5.78. The number of hydrogen-bond acceptors (Lipinski definition) is 5. The molecule has 1 fully saturated rings. The number of nitrogens with two attached hydrogens (primary N) is 1. The number of benzene rings is 2. The van der Waals surface area contributed by atoms with Crippen LogP contribution in [0.4, 0.5) is 16.3 Å². The van der Waals surface area contributed by atoms with Crippen molar-refractivity contribution in [3.8, 4) is 0 Å². The van der Waals surface area contributed by atoms with Gasteiger partial charge in [0.2, 0.25) is 5.95 Å². The van der Waals surface area contributed by atoms with Gasteiger partial charge >= 0.3 is 0 Å². The number of para-hydroxylation sites is 2. The van der Waals surface area contributed by atoms with Crippen LogP contribution in [0, 0.1) is 5.82 Å². The zero-order valence-electron chi connectivity index (χ0n) is 18.0. The Morgan fingerprint density at radius 2 is 1.81 bits per heavy atom. The zero-order chi connectivity index (χ0) is 21.9. The van der Waals surface area contributed by atoms with E-state index < -0.39 is 0 Å². The molecule has 0 atom stereocenters. The molecule has 0 bridgehead atoms. The predicted molar refractivity (Wildman–Crippen MR) is 125 cm³/mol. The first kappa shape index (κ1) is 20.5. The van der Waals surface area contributed by atoms with E-state index in [9.17, 15) is 4.39 Å². The predicted octanol–water partition coefficient (Wildman–Crippen LogP) is 3.58. The first-order valence-corrected chi connectivity index (χ1v) is 11.1. The number of fused-ring (bicyclic) bond motifs is 1. The molecule has 0 unspecified atom stereocenters. The van der Waals surface area contributed by atoms with Crippen molar-refractivity contribution in [3.05, 3.63) is 72.3 Å². The lowest BCUT2D eigenvalue weighted by atomic mass is 10.1. The average molecular weight is 434 g/mol. The number of piperidine rings is 1. The molecule has 1 saturated heterocycles. The molecule has 8 heteroatoms. The van der Waals surface area contributed by atoms with Crippen LogP contribution in [0.3, 0.4) is 0 Å². The van der Waals surface area contributed by atoms with Crippen molar-refractivity contribution in [2.24, 2.45) is 0 Å². The zero-order valence-corrected chi connectivity index (χ0v) is 18.0. The molecular formula is C24H28FN7. The van der Waals surface area contributed by atoms with Gasteiger partial charge in [0, 0.05) is 44.6 Å². The Kier molecular flexibility index (Phi) is 5.77. The number of imidazole rings is 2. The monoisotopic (exact) mass is 433 g/mol. The fourth-order valence-corrected chi connectivity index (χ4v) is 4.38. The Balaban J connectivity index is 1.25. The maximum atomic E-state index is 13.3. The number of nitrogens with one attached hydrogen (secondary N) is 1. The highest BCUT2D eigenvalue weighted by Crippen LogP contribution is 2.24. The summed E-state index contributed by atoms with van der Waals surface area (Å²) < 4.78 is 17.5. The Hall–Kier alpha value is -3.39. The van der Waals surface area contributed by atoms with Crippen LogP contribution < -0.4 is 11.1 Å². The summed E-state index contributed by atoms with van der Waals surface area (Å²) in [4.78, 5) is 11.4. The fraction of sp³-hybridized carbons (Fsp3) is 0.333. The summed E-state index contributed by atoms with van der Waals surface area (Å²) >= 11 is 0. The van der Waals surface area contributed by atoms with Gasteiger partial charge in [0.25, 0.3) is 0 Å². The largest absolute Gasteiger partial charge is 0.369 e. The van der Waals surface area contributed by atoms with Crippen LogP contribution in [0.25, 0.3) is 11.0 Å². The molecule has 1 aliphatic rings. The molecule has 0 spiro atoms. The second kappa shape index (κ2) is 9.00. The standard InChI is InChI=1S/C24H28FN7/c25-19-7-5-18(6-8-19)17-32-22-4-2-1-3-21(22)29-24(32)28-20-9-12-30(13-10-20)15-16-31-14-11-27-23(31)26/h1-8,11,14,20H,9-10,12-13,15-17H2,(H2,26,27)(H,28,29). The summed E-state index contributed by atoms with van der Waals surface area (Å²) in [5.74, 6) is 1.23. The quantitative estimate of drug-likeness (QED) is 0.466. The number of rotatable bonds is 7. The van der Waals surface area contributed by atoms with Gasteiger partial charge < -0.3 is 25.1 Å². The number of likely N-dealkylation sites (tertiary alicyclic amines) is 1. The van der Waals surface area contributed by atoms with Crippen LogP contribution >= 0.6 is 0 Å². The topological polar surface area (TPSA) is 76.9 Å². The van der Waals surface area contributed by atoms with E-state index >= 15 is 0 Å². The number of anilines is 2. The summed E-state index contributed by atoms with van der Waals surface area (Å²) in [6.07, 6.45) is 5.77. The van der Waals surface area contributed by atoms with Gasteiger partial charge in [0.05, 0.1) is 17.6 Å². The molecule has 2 aromatic heterocycles. The van der Waals surface area contributed by atoms with Crippen LogP contribution in [-0.2, 0) is 13.1 Å². The summed E-state index contributed by atoms with van der Waals surface area (Å²) in [6.45, 7) is 4.54. The summed E-state index contributed by atoms with van der Waals surface area (Å²) in [5, 5.41) is 3.69. The van der Waals surface area contributed by atoms with E-state index in [1.54, 1.807) is 6.20 Å². The minimum Gasteiger partial charge on any atom is -0.369 e. The minimum atomic E-state index is -0.218. The normalized spacial score (nSPS) is 15.4. The number of aromatic nitrogens is 4. The first-order valence-electron chi connectivity index (χ1n) is 11.1. The maximum Gasteiger partial charge on any atom is 0.204 e. The van der Waals surface area contributed by atoms with E-state index in [-0.39, 0.29) is 5.82 Å². The molecule has 1 aliphatic heterocycles. The molecule has 5 rings (SSSR count). The fourth-order valence-electron chi connectivity index (χ4n) is 4.38. The molecule has 166 valence electrons. The van der Waals surface area contributed by atoms with Gasteiger partial charge in [-0.25, -0.2) is 14.4 Å². The smallest absolute Gasteiger partial charge is 0.204 e. The molecule has 0 radical (unpaired) electrons. The van der Waals surface area contributed by atoms with Crippen LogP contribution in [0.5, 0.6) is 0 Å². The van der Waals surface area contributed by atoms with Crippen molar-refractivity contribution in [3.63, 3.8) is 0 Å². The van der Waals surface area contributed by atoms with Crippen molar-refractivity contribution < 1.29 is 4.39 Å². The van der Waals surface area contributed by atoms with Gasteiger partial charge in [-0.15, -0.1) is 0 Å². The van der Waals surface area contributed by atoms with E-state index in [2.05, 4.69) is 25.8 Å². The second-order valence-electron chi connectivity index (χ2n) is 8.38. The van der Waals surface area contributed by atoms with Crippen molar-refractivity contribution in [2.75, 3.05) is 30.7 Å². The van der Waals surface area contributed by atoms with Crippen LogP contribution in [0.2, 0.25) is 0 Å². The van der Waals surface area contributed by atoms with Gasteiger partial charge in [-0.05, 0) is 42.7 Å². The maximum absolute atomic E-state index is 13.3. The van der Waals surface area contributed by atoms with E-state index in [4.69, 9.17) is 10.7 Å². The number of nitrogens with zero attached hydrogens (tertiary/aromatic N) is 5. The molecule has 2 aromatic carbocycles. The molecule has 3 N–H and O–H groups in total. The van der Waals surface area contributed by atoms with Gasteiger partial charge in [0.15, 0.2) is 5.95 Å². The SMILES string of the molecule is Nc1nccn1CCN1CCC(Nc2nc3ccccc3n2Cc2ccc(F)cc2)CC1. The third-order valence-corrected chi connectivity index (χ3v) is 6.23. The average Bonchev–Trinajstić information content (AvgIpc) is 3.38. The lowest BCUT2D eigenvalue weighted by Crippen LogP contribution is -2.40. The van der Waals surface area contributed by atoms with Crippen molar-refractivity contribution in [2.45, 2.75) is 32.0 Å². The number of hydrogen-bond donors (Lipinski definition) is 2. The highest BCUT2D eigenvalue weighted by Gasteiger charge is 2.21. The molecule has 0 amide bonds. The summed E-state index contributed by atoms with van der Waals surface area (Å²) in [6, 6.07) is 15.2. The Morgan fingerprint density at radius 1 is 1.03 bits per heavy atom. The molecule has 4 aromatic rings. The minimum absolute atomic E-state index is 0.218. The lowest BCUT2D eigenvalue weighted by Gasteiger charge is -2.32. The lowest BCUT2D eigenvalue weighted by molar-refractivity contribution is 0.211. The molecule has 32 heavy (non-hydrogen) atoms. The Bertz CT molecular complexity index is 1170. The molecule has 3 heterocycles. The van der Waals surface area contributed by atoms with E-state index in [0.29, 0.717) is 18.5 Å². The molecule has 7 nitrogen and oxygen atoms in total. The third kappa shape index (κ3) is 4.45. The highest BCUT2D eigenvalue weighted by atomic mass is 19.1. The molecule has 0 saturated carbocycles. The van der Waals surface area contributed by atoms with Crippen molar-refractivity contribution >= 4 is 22.9 Å². The van der Waals surface area contributed by atoms with E-state index in [1.165, 1.54) is 12.1 Å². The van der Waals surface area contributed by atoms with Gasteiger partial charge in [0.1, 0.15) is 5.82 Å². The van der Waals surface area contributed by atoms with Crippen LogP contribution in [-0.4, -0.2) is 49.7 Å². The Labute approximate surface area is 186 Å². The Morgan fingerprint density at radius 3 is 2.56 bits per heavy atom. The van der Waals surface area contributed by atoms with Crippen LogP contribution in [0.1, 0.15) is 18.4 Å². The second-order valence-corrected chi connectivity index (χ2v) is 8.38. The first-order chi connectivity index (χ1) is 15.7. The van der Waals surface area contributed by atoms with Crippen molar-refractivity contribution in [1.82, 2.24) is 24.0 Å². The number of nitrogen functional groups attached to an aromatic ring is 1. The summed E-state index contributed by atoms with van der Waals surface area (Å²) in [5.41, 5.74) is 8.96. The van der Waals surface area contributed by atoms with E-state index in [1.807, 2.05) is 41.1 Å². The molecular weight excluding hydrogens is 405 g/mol. The third-order valence-electron chi connectivity index (χ3n) is 6.23. The van der Waals surface area contributed by atoms with Crippen LogP contribution in [0.15, 0.2) is 60.9 Å². The van der Waals surface area contributed by atoms with E-state index in [0.717, 1.165) is 61.6 Å². The van der Waals surface area contributed by atoms with Crippen molar-refractivity contribution in [1.29, 1.82) is 0 Å².